The number of methoxy groups -OCH3 is 1. The summed E-state index contributed by atoms with van der Waals surface area (Å²) in [5, 5.41) is 14.0. The van der Waals surface area contributed by atoms with Crippen LogP contribution in [0, 0.1) is 0 Å². The van der Waals surface area contributed by atoms with E-state index in [0.29, 0.717) is 17.4 Å². The van der Waals surface area contributed by atoms with Crippen LogP contribution in [0.3, 0.4) is 0 Å². The van der Waals surface area contributed by atoms with Gasteiger partial charge in [-0.05, 0) is 49.4 Å². The lowest BCUT2D eigenvalue weighted by atomic mass is 9.90. The minimum atomic E-state index is -1.06. The van der Waals surface area contributed by atoms with Crippen molar-refractivity contribution in [2.45, 2.75) is 43.7 Å². The van der Waals surface area contributed by atoms with Gasteiger partial charge in [-0.25, -0.2) is 4.79 Å². The summed E-state index contributed by atoms with van der Waals surface area (Å²) in [6, 6.07) is 7.37. The molecule has 0 spiro atoms. The second-order valence-electron chi connectivity index (χ2n) is 7.99. The molecule has 3 heterocycles. The predicted octanol–water partition coefficient (Wildman–Crippen LogP) is 3.53. The molecular formula is C21H23N3O5. The number of ether oxygens (including phenoxy) is 1. The molecule has 0 bridgehead atoms. The average molecular weight is 397 g/mol. The zero-order chi connectivity index (χ0) is 20.0. The van der Waals surface area contributed by atoms with E-state index in [4.69, 9.17) is 18.8 Å². The van der Waals surface area contributed by atoms with Gasteiger partial charge < -0.3 is 18.8 Å². The van der Waals surface area contributed by atoms with Gasteiger partial charge in [0.25, 0.3) is 5.89 Å². The largest absolute Gasteiger partial charge is 0.475 e. The standard InChI is InChI=1S/C21H23N3O5/c1-27-21(20-22-18(23-29-20)14-3-4-14)6-8-24(9-7-21)12-13-2-5-16-15(10-13)11-17(28-16)19(25)26/h2,5,10-11,14H,3-4,6-9,12H2,1H3,(H,25,26). The van der Waals surface area contributed by atoms with Crippen LogP contribution in [0.25, 0.3) is 11.0 Å². The molecule has 0 radical (unpaired) electrons. The van der Waals surface area contributed by atoms with Crippen LogP contribution in [0.1, 0.15) is 59.4 Å². The molecular weight excluding hydrogens is 374 g/mol. The molecule has 1 aromatic carbocycles. The molecule has 0 atom stereocenters. The molecule has 3 aromatic rings. The number of carboxylic acid groups (broad SMARTS) is 1. The molecule has 8 nitrogen and oxygen atoms in total. The van der Waals surface area contributed by atoms with E-state index in [0.717, 1.165) is 62.1 Å². The summed E-state index contributed by atoms with van der Waals surface area (Å²) in [5.74, 6) is 0.780. The van der Waals surface area contributed by atoms with Gasteiger partial charge in [0.05, 0.1) is 0 Å². The molecule has 29 heavy (non-hydrogen) atoms. The van der Waals surface area contributed by atoms with Gasteiger partial charge in [0.15, 0.2) is 5.82 Å². The number of carbonyl (C=O) groups is 1. The maximum atomic E-state index is 11.1. The number of furan rings is 1. The molecule has 0 unspecified atom stereocenters. The number of hydrogen-bond acceptors (Lipinski definition) is 7. The van der Waals surface area contributed by atoms with E-state index < -0.39 is 11.6 Å². The first kappa shape index (κ1) is 18.3. The second-order valence-corrected chi connectivity index (χ2v) is 7.99. The van der Waals surface area contributed by atoms with E-state index in [1.165, 1.54) is 0 Å². The lowest BCUT2D eigenvalue weighted by Crippen LogP contribution is -2.43. The van der Waals surface area contributed by atoms with Crippen LogP contribution in [0.2, 0.25) is 0 Å². The molecule has 0 amide bonds. The van der Waals surface area contributed by atoms with Crippen molar-refractivity contribution in [2.24, 2.45) is 0 Å². The Hall–Kier alpha value is -2.71. The van der Waals surface area contributed by atoms with Crippen LogP contribution in [0.5, 0.6) is 0 Å². The number of fused-ring (bicyclic) bond motifs is 1. The van der Waals surface area contributed by atoms with E-state index in [2.05, 4.69) is 15.0 Å². The Morgan fingerprint density at radius 2 is 2.10 bits per heavy atom. The van der Waals surface area contributed by atoms with Crippen molar-refractivity contribution in [3.63, 3.8) is 0 Å². The highest BCUT2D eigenvalue weighted by Crippen LogP contribution is 2.41. The van der Waals surface area contributed by atoms with Crippen molar-refractivity contribution in [3.05, 3.63) is 47.3 Å². The molecule has 2 fully saturated rings. The third-order valence-corrected chi connectivity index (χ3v) is 6.03. The van der Waals surface area contributed by atoms with Crippen molar-refractivity contribution in [3.8, 4) is 0 Å². The van der Waals surface area contributed by atoms with E-state index in [1.807, 2.05) is 18.2 Å². The maximum Gasteiger partial charge on any atom is 0.371 e. The van der Waals surface area contributed by atoms with E-state index >= 15 is 0 Å². The summed E-state index contributed by atoms with van der Waals surface area (Å²) in [7, 11) is 1.71. The summed E-state index contributed by atoms with van der Waals surface area (Å²) < 4.78 is 16.8. The number of rotatable bonds is 6. The number of benzene rings is 1. The van der Waals surface area contributed by atoms with Gasteiger partial charge in [0, 0.05) is 38.0 Å². The number of nitrogens with zero attached hydrogens (tertiary/aromatic N) is 3. The Balaban J connectivity index is 1.27. The fourth-order valence-electron chi connectivity index (χ4n) is 4.06. The van der Waals surface area contributed by atoms with E-state index in [-0.39, 0.29) is 5.76 Å². The Kier molecular flexibility index (Phi) is 4.40. The molecule has 1 saturated heterocycles. The third-order valence-electron chi connectivity index (χ3n) is 6.03. The lowest BCUT2D eigenvalue weighted by molar-refractivity contribution is -0.0838. The molecule has 1 N–H and O–H groups in total. The van der Waals surface area contributed by atoms with Crippen molar-refractivity contribution in [2.75, 3.05) is 20.2 Å². The predicted molar refractivity (Wildman–Crippen MR) is 103 cm³/mol. The summed E-state index contributed by atoms with van der Waals surface area (Å²) in [5.41, 5.74) is 1.20. The van der Waals surface area contributed by atoms with Crippen molar-refractivity contribution in [1.29, 1.82) is 0 Å². The zero-order valence-electron chi connectivity index (χ0n) is 16.3. The first-order valence-corrected chi connectivity index (χ1v) is 9.94. The zero-order valence-corrected chi connectivity index (χ0v) is 16.3. The number of aromatic nitrogens is 2. The molecule has 2 aliphatic rings. The van der Waals surface area contributed by atoms with Gasteiger partial charge in [0.2, 0.25) is 5.76 Å². The summed E-state index contributed by atoms with van der Waals surface area (Å²) in [6.45, 7) is 2.47. The Labute approximate surface area is 167 Å². The average Bonchev–Trinajstić information content (AvgIpc) is 3.29. The lowest BCUT2D eigenvalue weighted by Gasteiger charge is -2.38. The number of piperidine rings is 1. The van der Waals surface area contributed by atoms with Gasteiger partial charge in [-0.15, -0.1) is 0 Å². The number of aromatic carboxylic acids is 1. The Morgan fingerprint density at radius 1 is 1.31 bits per heavy atom. The van der Waals surface area contributed by atoms with Crippen LogP contribution in [0.4, 0.5) is 0 Å². The molecule has 8 heteroatoms. The topological polar surface area (TPSA) is 102 Å². The van der Waals surface area contributed by atoms with Gasteiger partial charge in [-0.3, -0.25) is 4.90 Å². The Bertz CT molecular complexity index is 1040. The first-order chi connectivity index (χ1) is 14.1. The van der Waals surface area contributed by atoms with Crippen LogP contribution in [0.15, 0.2) is 33.2 Å². The highest BCUT2D eigenvalue weighted by Gasteiger charge is 2.42. The molecule has 1 aliphatic carbocycles. The molecule has 152 valence electrons. The third kappa shape index (κ3) is 3.42. The van der Waals surface area contributed by atoms with Gasteiger partial charge >= 0.3 is 5.97 Å². The summed E-state index contributed by atoms with van der Waals surface area (Å²) in [4.78, 5) is 18.1. The van der Waals surface area contributed by atoms with Crippen LogP contribution < -0.4 is 0 Å². The summed E-state index contributed by atoms with van der Waals surface area (Å²) >= 11 is 0. The minimum absolute atomic E-state index is 0.0369. The van der Waals surface area contributed by atoms with Gasteiger partial charge in [-0.1, -0.05) is 11.2 Å². The smallest absolute Gasteiger partial charge is 0.371 e. The minimum Gasteiger partial charge on any atom is -0.475 e. The fourth-order valence-corrected chi connectivity index (χ4v) is 4.06. The van der Waals surface area contributed by atoms with Crippen molar-refractivity contribution >= 4 is 16.9 Å². The van der Waals surface area contributed by atoms with E-state index in [9.17, 15) is 4.79 Å². The highest BCUT2D eigenvalue weighted by atomic mass is 16.5. The van der Waals surface area contributed by atoms with Gasteiger partial charge in [-0.2, -0.15) is 4.98 Å². The highest BCUT2D eigenvalue weighted by molar-refractivity contribution is 5.91. The second kappa shape index (κ2) is 6.96. The quantitative estimate of drug-likeness (QED) is 0.674. The number of hydrogen-bond donors (Lipinski definition) is 1. The number of likely N-dealkylation sites (tertiary alicyclic amines) is 1. The summed E-state index contributed by atoms with van der Waals surface area (Å²) in [6.07, 6.45) is 3.85. The maximum absolute atomic E-state index is 11.1. The molecule has 2 aromatic heterocycles. The van der Waals surface area contributed by atoms with Gasteiger partial charge in [0.1, 0.15) is 11.2 Å². The molecule has 1 aliphatic heterocycles. The monoisotopic (exact) mass is 397 g/mol. The fraction of sp³-hybridized carbons (Fsp3) is 0.476. The van der Waals surface area contributed by atoms with Crippen molar-refractivity contribution in [1.82, 2.24) is 15.0 Å². The number of carboxylic acids is 1. The molecule has 1 saturated carbocycles. The Morgan fingerprint density at radius 3 is 2.79 bits per heavy atom. The van der Waals surface area contributed by atoms with Crippen molar-refractivity contribution < 1.29 is 23.6 Å². The van der Waals surface area contributed by atoms with Crippen LogP contribution >= 0.6 is 0 Å². The normalized spacial score (nSPS) is 19.6. The van der Waals surface area contributed by atoms with Crippen LogP contribution in [-0.4, -0.2) is 46.3 Å². The molecule has 5 rings (SSSR count). The van der Waals surface area contributed by atoms with E-state index in [1.54, 1.807) is 13.2 Å². The SMILES string of the molecule is COC1(c2nc(C3CC3)no2)CCN(Cc2ccc3oc(C(=O)O)cc3c2)CC1. The van der Waals surface area contributed by atoms with Crippen LogP contribution in [-0.2, 0) is 16.9 Å². The first-order valence-electron chi connectivity index (χ1n) is 9.94.